The van der Waals surface area contributed by atoms with Gasteiger partial charge < -0.3 is 5.32 Å². The molecule has 3 heterocycles. The zero-order valence-electron chi connectivity index (χ0n) is 14.2. The van der Waals surface area contributed by atoms with Gasteiger partial charge >= 0.3 is 0 Å². The first kappa shape index (κ1) is 16.6. The van der Waals surface area contributed by atoms with Crippen LogP contribution in [0, 0.1) is 6.92 Å². The molecule has 1 N–H and O–H groups in total. The minimum Gasteiger partial charge on any atom is -0.307 e. The summed E-state index contributed by atoms with van der Waals surface area (Å²) < 4.78 is 3.27. The number of fused-ring (bicyclic) bond motifs is 1. The fourth-order valence-electron chi connectivity index (χ4n) is 2.88. The third kappa shape index (κ3) is 3.15. The Morgan fingerprint density at radius 2 is 2.12 bits per heavy atom. The van der Waals surface area contributed by atoms with Crippen molar-refractivity contribution in [1.29, 1.82) is 0 Å². The Morgan fingerprint density at radius 1 is 1.31 bits per heavy atom. The van der Waals surface area contributed by atoms with E-state index in [4.69, 9.17) is 0 Å². The predicted octanol–water partition coefficient (Wildman–Crippen LogP) is 2.15. The lowest BCUT2D eigenvalue weighted by atomic mass is 10.2. The molecule has 0 unspecified atom stereocenters. The molecule has 7 nitrogen and oxygen atoms in total. The van der Waals surface area contributed by atoms with Crippen molar-refractivity contribution < 1.29 is 4.79 Å². The first-order valence-electron chi connectivity index (χ1n) is 8.24. The van der Waals surface area contributed by atoms with Crippen molar-refractivity contribution in [1.82, 2.24) is 19.3 Å². The van der Waals surface area contributed by atoms with Gasteiger partial charge in [0.25, 0.3) is 11.5 Å². The Labute approximate surface area is 154 Å². The Kier molecular flexibility index (Phi) is 4.34. The summed E-state index contributed by atoms with van der Waals surface area (Å²) in [7, 11) is 0. The van der Waals surface area contributed by atoms with Crippen molar-refractivity contribution >= 4 is 23.5 Å². The van der Waals surface area contributed by atoms with E-state index >= 15 is 0 Å². The zero-order valence-corrected chi connectivity index (χ0v) is 15.0. The quantitative estimate of drug-likeness (QED) is 0.715. The Hall–Kier alpha value is -2.87. The molecule has 1 aliphatic heterocycles. The summed E-state index contributed by atoms with van der Waals surface area (Å²) in [5.74, 6) is 0.885. The van der Waals surface area contributed by atoms with Crippen molar-refractivity contribution in [3.8, 4) is 0 Å². The van der Waals surface area contributed by atoms with Crippen molar-refractivity contribution in [3.05, 3.63) is 69.8 Å². The monoisotopic (exact) mass is 367 g/mol. The van der Waals surface area contributed by atoms with E-state index in [0.29, 0.717) is 24.1 Å². The molecular formula is C18H17N5O2S. The Balaban J connectivity index is 1.60. The van der Waals surface area contributed by atoms with Crippen LogP contribution in [-0.4, -0.2) is 31.0 Å². The number of amides is 1. The number of aryl methyl sites for hydroxylation is 1. The molecule has 0 saturated carbocycles. The van der Waals surface area contributed by atoms with Crippen LogP contribution in [0.4, 0.5) is 5.82 Å². The van der Waals surface area contributed by atoms with E-state index < -0.39 is 5.91 Å². The van der Waals surface area contributed by atoms with Crippen LogP contribution in [0.15, 0.2) is 52.5 Å². The first-order chi connectivity index (χ1) is 12.6. The Morgan fingerprint density at radius 3 is 2.92 bits per heavy atom. The van der Waals surface area contributed by atoms with Gasteiger partial charge in [-0.1, -0.05) is 42.1 Å². The molecule has 0 bridgehead atoms. The number of thioether (sulfide) groups is 1. The number of nitrogens with zero attached hydrogens (tertiary/aromatic N) is 4. The average molecular weight is 367 g/mol. The molecule has 26 heavy (non-hydrogen) atoms. The summed E-state index contributed by atoms with van der Waals surface area (Å²) in [5, 5.41) is 7.90. The number of nitrogens with one attached hydrogen (secondary N) is 1. The van der Waals surface area contributed by atoms with E-state index in [1.807, 2.05) is 37.3 Å². The minimum absolute atomic E-state index is 0.0429. The summed E-state index contributed by atoms with van der Waals surface area (Å²) >= 11 is 1.52. The van der Waals surface area contributed by atoms with Gasteiger partial charge in [0.1, 0.15) is 11.4 Å². The maximum absolute atomic E-state index is 12.6. The molecule has 1 aliphatic rings. The van der Waals surface area contributed by atoms with Gasteiger partial charge in [0.15, 0.2) is 5.16 Å². The predicted molar refractivity (Wildman–Crippen MR) is 99.7 cm³/mol. The third-order valence-corrected chi connectivity index (χ3v) is 5.09. The molecule has 8 heteroatoms. The lowest BCUT2D eigenvalue weighted by Crippen LogP contribution is -2.30. The van der Waals surface area contributed by atoms with Gasteiger partial charge in [-0.25, -0.2) is 9.67 Å². The van der Waals surface area contributed by atoms with E-state index in [1.165, 1.54) is 18.0 Å². The average Bonchev–Trinajstić information content (AvgIpc) is 3.23. The number of hydrogen-bond acceptors (Lipinski definition) is 5. The van der Waals surface area contributed by atoms with Crippen LogP contribution < -0.4 is 10.9 Å². The second-order valence-corrected chi connectivity index (χ2v) is 7.09. The van der Waals surface area contributed by atoms with E-state index in [0.717, 1.165) is 17.0 Å². The number of rotatable bonds is 4. The highest BCUT2D eigenvalue weighted by atomic mass is 32.2. The lowest BCUT2D eigenvalue weighted by Gasteiger charge is -2.09. The highest BCUT2D eigenvalue weighted by molar-refractivity contribution is 7.99. The fourth-order valence-corrected chi connectivity index (χ4v) is 3.79. The number of carbonyl (C=O) groups excluding carboxylic acids is 1. The fraction of sp³-hybridized carbons (Fsp3) is 0.222. The van der Waals surface area contributed by atoms with Gasteiger partial charge in [-0.3, -0.25) is 14.2 Å². The normalized spacial score (nSPS) is 12.8. The molecule has 3 aromatic rings. The SMILES string of the molecule is Cc1cc(NC(=O)c2cnc3n(c2=O)CCS3)n(Cc2ccccc2)n1. The second-order valence-electron chi connectivity index (χ2n) is 6.03. The molecule has 2 aromatic heterocycles. The van der Waals surface area contributed by atoms with Gasteiger partial charge in [0, 0.05) is 24.6 Å². The summed E-state index contributed by atoms with van der Waals surface area (Å²) in [6.07, 6.45) is 1.35. The zero-order chi connectivity index (χ0) is 18.1. The van der Waals surface area contributed by atoms with Crippen LogP contribution in [0.5, 0.6) is 0 Å². The van der Waals surface area contributed by atoms with Crippen LogP contribution in [0.3, 0.4) is 0 Å². The molecule has 0 fully saturated rings. The number of carbonyl (C=O) groups is 1. The molecule has 0 spiro atoms. The van der Waals surface area contributed by atoms with Crippen molar-refractivity contribution in [2.24, 2.45) is 0 Å². The molecule has 0 radical (unpaired) electrons. The van der Waals surface area contributed by atoms with Gasteiger partial charge in [-0.2, -0.15) is 5.10 Å². The summed E-state index contributed by atoms with van der Waals surface area (Å²) in [6.45, 7) is 2.97. The summed E-state index contributed by atoms with van der Waals surface area (Å²) in [5.41, 5.74) is 1.60. The summed E-state index contributed by atoms with van der Waals surface area (Å²) in [4.78, 5) is 29.4. The van der Waals surface area contributed by atoms with Crippen LogP contribution in [-0.2, 0) is 13.1 Å². The van der Waals surface area contributed by atoms with Gasteiger partial charge in [-0.05, 0) is 12.5 Å². The highest BCUT2D eigenvalue weighted by Crippen LogP contribution is 2.21. The number of benzene rings is 1. The third-order valence-electron chi connectivity index (χ3n) is 4.12. The molecule has 0 saturated heterocycles. The van der Waals surface area contributed by atoms with E-state index in [2.05, 4.69) is 15.4 Å². The standard InChI is InChI=1S/C18H17N5O2S/c1-12-9-15(23(21-12)11-13-5-3-2-4-6-13)20-16(24)14-10-19-18-22(17(14)25)7-8-26-18/h2-6,9-10H,7-8,11H2,1H3,(H,20,24). The van der Waals surface area contributed by atoms with Gasteiger partial charge in [0.05, 0.1) is 12.2 Å². The molecular weight excluding hydrogens is 350 g/mol. The van der Waals surface area contributed by atoms with Crippen LogP contribution in [0.2, 0.25) is 0 Å². The molecule has 132 valence electrons. The van der Waals surface area contributed by atoms with Crippen molar-refractivity contribution in [2.75, 3.05) is 11.1 Å². The molecule has 0 aliphatic carbocycles. The molecule has 4 rings (SSSR count). The van der Waals surface area contributed by atoms with Crippen LogP contribution >= 0.6 is 11.8 Å². The second kappa shape index (κ2) is 6.80. The molecule has 1 aromatic carbocycles. The minimum atomic E-state index is -0.469. The molecule has 1 amide bonds. The number of aromatic nitrogens is 4. The van der Waals surface area contributed by atoms with Crippen LogP contribution in [0.1, 0.15) is 21.6 Å². The topological polar surface area (TPSA) is 81.8 Å². The smallest absolute Gasteiger partial charge is 0.267 e. The maximum Gasteiger partial charge on any atom is 0.267 e. The van der Waals surface area contributed by atoms with E-state index in [9.17, 15) is 9.59 Å². The number of hydrogen-bond donors (Lipinski definition) is 1. The van der Waals surface area contributed by atoms with E-state index in [-0.39, 0.29) is 11.1 Å². The largest absolute Gasteiger partial charge is 0.307 e. The first-order valence-corrected chi connectivity index (χ1v) is 9.23. The lowest BCUT2D eigenvalue weighted by molar-refractivity contribution is 0.102. The summed E-state index contributed by atoms with van der Waals surface area (Å²) in [6, 6.07) is 11.6. The highest BCUT2D eigenvalue weighted by Gasteiger charge is 2.21. The van der Waals surface area contributed by atoms with E-state index in [1.54, 1.807) is 15.3 Å². The van der Waals surface area contributed by atoms with Gasteiger partial charge in [-0.15, -0.1) is 0 Å². The van der Waals surface area contributed by atoms with Gasteiger partial charge in [0.2, 0.25) is 0 Å². The Bertz CT molecular complexity index is 1030. The molecule has 0 atom stereocenters. The maximum atomic E-state index is 12.6. The van der Waals surface area contributed by atoms with Crippen molar-refractivity contribution in [3.63, 3.8) is 0 Å². The van der Waals surface area contributed by atoms with Crippen LogP contribution in [0.25, 0.3) is 0 Å². The number of anilines is 1. The van der Waals surface area contributed by atoms with Crippen molar-refractivity contribution in [2.45, 2.75) is 25.2 Å².